The molecule has 0 aromatic rings. The van der Waals surface area contributed by atoms with Crippen LogP contribution in [0.2, 0.25) is 0 Å². The molecule has 1 unspecified atom stereocenters. The monoisotopic (exact) mass is 180 g/mol. The number of hydrogen-bond donors (Lipinski definition) is 0. The largest absolute Gasteiger partial charge is 0.299 e. The molecule has 1 atom stereocenters. The fraction of sp³-hybridized carbons (Fsp3) is 0.636. The van der Waals surface area contributed by atoms with Crippen molar-refractivity contribution in [2.75, 3.05) is 0 Å². The number of carbonyl (C=O) groups excluding carboxylic acids is 2. The zero-order valence-electron chi connectivity index (χ0n) is 8.25. The SMILES string of the molecule is C/C=C/C(C)C1C(=O)CCCC1=O. The molecule has 0 spiro atoms. The van der Waals surface area contributed by atoms with Crippen molar-refractivity contribution in [1.29, 1.82) is 0 Å². The summed E-state index contributed by atoms with van der Waals surface area (Å²) in [5.41, 5.74) is 0. The average Bonchev–Trinajstić information content (AvgIpc) is 2.04. The van der Waals surface area contributed by atoms with E-state index < -0.39 is 0 Å². The Labute approximate surface area is 79.0 Å². The van der Waals surface area contributed by atoms with Gasteiger partial charge in [-0.25, -0.2) is 0 Å². The second-order valence-corrected chi connectivity index (χ2v) is 3.65. The maximum absolute atomic E-state index is 11.5. The van der Waals surface area contributed by atoms with Crippen LogP contribution in [0.3, 0.4) is 0 Å². The molecule has 13 heavy (non-hydrogen) atoms. The van der Waals surface area contributed by atoms with Crippen LogP contribution in [-0.4, -0.2) is 11.6 Å². The highest BCUT2D eigenvalue weighted by Gasteiger charge is 2.32. The molecule has 1 fully saturated rings. The summed E-state index contributed by atoms with van der Waals surface area (Å²) >= 11 is 0. The first-order valence-electron chi connectivity index (χ1n) is 4.85. The molecular formula is C11H16O2. The van der Waals surface area contributed by atoms with Crippen molar-refractivity contribution in [3.8, 4) is 0 Å². The van der Waals surface area contributed by atoms with Gasteiger partial charge >= 0.3 is 0 Å². The Morgan fingerprint density at radius 1 is 1.31 bits per heavy atom. The van der Waals surface area contributed by atoms with Crippen LogP contribution >= 0.6 is 0 Å². The Hall–Kier alpha value is -0.920. The Morgan fingerprint density at radius 2 is 1.85 bits per heavy atom. The zero-order chi connectivity index (χ0) is 9.84. The Morgan fingerprint density at radius 3 is 2.31 bits per heavy atom. The van der Waals surface area contributed by atoms with Gasteiger partial charge in [0.1, 0.15) is 11.6 Å². The lowest BCUT2D eigenvalue weighted by atomic mass is 9.79. The summed E-state index contributed by atoms with van der Waals surface area (Å²) in [7, 11) is 0. The van der Waals surface area contributed by atoms with Crippen molar-refractivity contribution in [1.82, 2.24) is 0 Å². The normalized spacial score (nSPS) is 22.6. The molecule has 1 aliphatic carbocycles. The quantitative estimate of drug-likeness (QED) is 0.482. The van der Waals surface area contributed by atoms with Crippen molar-refractivity contribution < 1.29 is 9.59 Å². The predicted molar refractivity (Wildman–Crippen MR) is 51.3 cm³/mol. The first-order chi connectivity index (χ1) is 6.16. The van der Waals surface area contributed by atoms with Gasteiger partial charge in [0, 0.05) is 12.8 Å². The summed E-state index contributed by atoms with van der Waals surface area (Å²) < 4.78 is 0. The van der Waals surface area contributed by atoms with Gasteiger partial charge in [0.25, 0.3) is 0 Å². The van der Waals surface area contributed by atoms with Crippen LogP contribution in [0.25, 0.3) is 0 Å². The summed E-state index contributed by atoms with van der Waals surface area (Å²) in [6.45, 7) is 3.85. The number of allylic oxidation sites excluding steroid dienone is 2. The highest BCUT2D eigenvalue weighted by Crippen LogP contribution is 2.24. The van der Waals surface area contributed by atoms with Crippen molar-refractivity contribution in [2.45, 2.75) is 33.1 Å². The van der Waals surface area contributed by atoms with Gasteiger partial charge < -0.3 is 0 Å². The molecule has 0 saturated heterocycles. The van der Waals surface area contributed by atoms with Gasteiger partial charge in [-0.05, 0) is 19.3 Å². The lowest BCUT2D eigenvalue weighted by Crippen LogP contribution is -2.32. The molecule has 2 nitrogen and oxygen atoms in total. The number of hydrogen-bond acceptors (Lipinski definition) is 2. The van der Waals surface area contributed by atoms with E-state index in [0.717, 1.165) is 6.42 Å². The fourth-order valence-corrected chi connectivity index (χ4v) is 1.93. The molecule has 0 aliphatic heterocycles. The molecule has 1 saturated carbocycles. The maximum Gasteiger partial charge on any atom is 0.143 e. The summed E-state index contributed by atoms with van der Waals surface area (Å²) in [6.07, 6.45) is 5.75. The van der Waals surface area contributed by atoms with E-state index in [1.54, 1.807) is 0 Å². The number of carbonyl (C=O) groups is 2. The van der Waals surface area contributed by atoms with Crippen LogP contribution < -0.4 is 0 Å². The minimum absolute atomic E-state index is 0.0744. The molecule has 2 heteroatoms. The van der Waals surface area contributed by atoms with E-state index in [9.17, 15) is 9.59 Å². The van der Waals surface area contributed by atoms with Crippen molar-refractivity contribution in [3.05, 3.63) is 12.2 Å². The van der Waals surface area contributed by atoms with Crippen molar-refractivity contribution in [3.63, 3.8) is 0 Å². The molecule has 1 aliphatic rings. The van der Waals surface area contributed by atoms with E-state index in [1.165, 1.54) is 0 Å². The van der Waals surface area contributed by atoms with Gasteiger partial charge in [-0.3, -0.25) is 9.59 Å². The smallest absolute Gasteiger partial charge is 0.143 e. The molecule has 0 aromatic heterocycles. The van der Waals surface area contributed by atoms with Crippen LogP contribution in [0.4, 0.5) is 0 Å². The lowest BCUT2D eigenvalue weighted by Gasteiger charge is -2.22. The van der Waals surface area contributed by atoms with Gasteiger partial charge in [-0.2, -0.15) is 0 Å². The molecule has 1 rings (SSSR count). The number of Topliss-reactive ketones (excluding diaryl/α,β-unsaturated/α-hetero) is 2. The third-order valence-corrected chi connectivity index (χ3v) is 2.56. The second kappa shape index (κ2) is 4.35. The highest BCUT2D eigenvalue weighted by molar-refractivity contribution is 6.04. The van der Waals surface area contributed by atoms with Crippen LogP contribution in [0.15, 0.2) is 12.2 Å². The molecule has 0 N–H and O–H groups in total. The summed E-state index contributed by atoms with van der Waals surface area (Å²) in [5, 5.41) is 0. The molecule has 0 amide bonds. The van der Waals surface area contributed by atoms with E-state index in [1.807, 2.05) is 26.0 Å². The predicted octanol–water partition coefficient (Wildman–Crippen LogP) is 2.14. The van der Waals surface area contributed by atoms with Gasteiger partial charge in [-0.15, -0.1) is 0 Å². The molecule has 0 heterocycles. The standard InChI is InChI=1S/C11H16O2/c1-3-5-8(2)11-9(12)6-4-7-10(11)13/h3,5,8,11H,4,6-7H2,1-2H3/b5-3+. The van der Waals surface area contributed by atoms with Gasteiger partial charge in [0.2, 0.25) is 0 Å². The van der Waals surface area contributed by atoms with E-state index >= 15 is 0 Å². The highest BCUT2D eigenvalue weighted by atomic mass is 16.2. The first kappa shape index (κ1) is 10.2. The summed E-state index contributed by atoms with van der Waals surface area (Å²) in [6, 6.07) is 0. The van der Waals surface area contributed by atoms with Gasteiger partial charge in [0.05, 0.1) is 5.92 Å². The second-order valence-electron chi connectivity index (χ2n) is 3.65. The van der Waals surface area contributed by atoms with Crippen molar-refractivity contribution >= 4 is 11.6 Å². The maximum atomic E-state index is 11.5. The molecule has 72 valence electrons. The molecule has 0 aromatic carbocycles. The third kappa shape index (κ3) is 2.27. The van der Waals surface area contributed by atoms with Gasteiger partial charge in [0.15, 0.2) is 0 Å². The Bertz CT molecular complexity index is 224. The topological polar surface area (TPSA) is 34.1 Å². The zero-order valence-corrected chi connectivity index (χ0v) is 8.25. The summed E-state index contributed by atoms with van der Waals surface area (Å²) in [4.78, 5) is 22.9. The van der Waals surface area contributed by atoms with Crippen LogP contribution in [0, 0.1) is 11.8 Å². The molecule has 0 bridgehead atoms. The number of rotatable bonds is 2. The average molecular weight is 180 g/mol. The lowest BCUT2D eigenvalue weighted by molar-refractivity contribution is -0.136. The minimum atomic E-state index is -0.357. The minimum Gasteiger partial charge on any atom is -0.299 e. The Kier molecular flexibility index (Phi) is 3.40. The van der Waals surface area contributed by atoms with E-state index in [-0.39, 0.29) is 23.4 Å². The Balaban J connectivity index is 2.73. The van der Waals surface area contributed by atoms with Crippen LogP contribution in [-0.2, 0) is 9.59 Å². The van der Waals surface area contributed by atoms with E-state index in [0.29, 0.717) is 12.8 Å². The van der Waals surface area contributed by atoms with Gasteiger partial charge in [-0.1, -0.05) is 19.1 Å². The van der Waals surface area contributed by atoms with E-state index in [2.05, 4.69) is 0 Å². The third-order valence-electron chi connectivity index (χ3n) is 2.56. The first-order valence-corrected chi connectivity index (χ1v) is 4.85. The van der Waals surface area contributed by atoms with Crippen LogP contribution in [0.5, 0.6) is 0 Å². The number of ketones is 2. The van der Waals surface area contributed by atoms with Crippen LogP contribution in [0.1, 0.15) is 33.1 Å². The van der Waals surface area contributed by atoms with Crippen molar-refractivity contribution in [2.24, 2.45) is 11.8 Å². The molecular weight excluding hydrogens is 164 g/mol. The molecule has 0 radical (unpaired) electrons. The fourth-order valence-electron chi connectivity index (χ4n) is 1.93. The summed E-state index contributed by atoms with van der Waals surface area (Å²) in [5.74, 6) is -0.0287. The van der Waals surface area contributed by atoms with E-state index in [4.69, 9.17) is 0 Å².